The zero-order valence-corrected chi connectivity index (χ0v) is 18.9. The highest BCUT2D eigenvalue weighted by Crippen LogP contribution is 2.41. The zero-order chi connectivity index (χ0) is 25.3. The maximum absolute atomic E-state index is 14.7. The quantitative estimate of drug-likeness (QED) is 0.235. The first-order valence-corrected chi connectivity index (χ1v) is 11.4. The minimum absolute atomic E-state index is 0.0419. The SMILES string of the molecule is CCCC1CCC(c2ccc(-c3cc(F)c(C(F)(F)Oc4cc(F)c(F)c(F)c4)c(F)c3)cc2)C1. The largest absolute Gasteiger partial charge is 0.432 e. The second-order valence-corrected chi connectivity index (χ2v) is 8.92. The van der Waals surface area contributed by atoms with Crippen molar-refractivity contribution in [1.82, 2.24) is 0 Å². The second kappa shape index (κ2) is 9.91. The lowest BCUT2D eigenvalue weighted by Crippen LogP contribution is -2.25. The molecule has 0 heterocycles. The lowest BCUT2D eigenvalue weighted by molar-refractivity contribution is -0.189. The number of halogens is 7. The van der Waals surface area contributed by atoms with Crippen LogP contribution in [0.15, 0.2) is 48.5 Å². The molecule has 3 aromatic rings. The van der Waals surface area contributed by atoms with Crippen LogP contribution in [0, 0.1) is 35.0 Å². The van der Waals surface area contributed by atoms with Crippen molar-refractivity contribution in [3.05, 3.63) is 88.7 Å². The predicted octanol–water partition coefficient (Wildman–Crippen LogP) is 8.86. The summed E-state index contributed by atoms with van der Waals surface area (Å²) in [4.78, 5) is 0. The van der Waals surface area contributed by atoms with Gasteiger partial charge in [-0.15, -0.1) is 0 Å². The van der Waals surface area contributed by atoms with E-state index < -0.39 is 46.5 Å². The van der Waals surface area contributed by atoms with E-state index in [0.717, 1.165) is 37.0 Å². The maximum atomic E-state index is 14.7. The Morgan fingerprint density at radius 1 is 0.800 bits per heavy atom. The van der Waals surface area contributed by atoms with Gasteiger partial charge in [0.05, 0.1) is 0 Å². The van der Waals surface area contributed by atoms with Crippen LogP contribution in [0.25, 0.3) is 11.1 Å². The Morgan fingerprint density at radius 3 is 1.97 bits per heavy atom. The average Bonchev–Trinajstić information content (AvgIpc) is 3.25. The average molecular weight is 496 g/mol. The summed E-state index contributed by atoms with van der Waals surface area (Å²) in [6, 6.07) is 8.94. The summed E-state index contributed by atoms with van der Waals surface area (Å²) in [5.74, 6) is -8.66. The molecule has 1 saturated carbocycles. The molecule has 2 atom stereocenters. The molecule has 3 aromatic carbocycles. The van der Waals surface area contributed by atoms with Gasteiger partial charge in [0.15, 0.2) is 17.5 Å². The van der Waals surface area contributed by atoms with Crippen LogP contribution in [0.2, 0.25) is 0 Å². The molecule has 0 aromatic heterocycles. The van der Waals surface area contributed by atoms with Gasteiger partial charge in [0.2, 0.25) is 0 Å². The molecule has 0 N–H and O–H groups in total. The molecule has 8 heteroatoms. The minimum atomic E-state index is -4.62. The van der Waals surface area contributed by atoms with Crippen LogP contribution in [0.4, 0.5) is 30.7 Å². The first-order chi connectivity index (χ1) is 16.6. The van der Waals surface area contributed by atoms with Gasteiger partial charge in [-0.3, -0.25) is 0 Å². The molecule has 4 rings (SSSR count). The molecule has 1 fully saturated rings. The van der Waals surface area contributed by atoms with E-state index in [-0.39, 0.29) is 17.7 Å². The van der Waals surface area contributed by atoms with Crippen molar-refractivity contribution < 1.29 is 35.5 Å². The fourth-order valence-corrected chi connectivity index (χ4v) is 4.80. The zero-order valence-electron chi connectivity index (χ0n) is 18.9. The molecule has 1 aliphatic carbocycles. The van der Waals surface area contributed by atoms with Gasteiger partial charge in [-0.1, -0.05) is 44.0 Å². The van der Waals surface area contributed by atoms with E-state index in [1.807, 2.05) is 12.1 Å². The van der Waals surface area contributed by atoms with E-state index in [1.165, 1.54) is 12.8 Å². The van der Waals surface area contributed by atoms with E-state index in [9.17, 15) is 30.7 Å². The normalized spacial score (nSPS) is 18.2. The highest BCUT2D eigenvalue weighted by Gasteiger charge is 2.41. The third-order valence-electron chi connectivity index (χ3n) is 6.49. The Kier molecular flexibility index (Phi) is 7.10. The smallest absolute Gasteiger partial charge is 0.429 e. The Morgan fingerprint density at radius 2 is 1.40 bits per heavy atom. The van der Waals surface area contributed by atoms with Gasteiger partial charge in [0, 0.05) is 12.1 Å². The van der Waals surface area contributed by atoms with Crippen LogP contribution in [0.1, 0.15) is 56.1 Å². The first kappa shape index (κ1) is 25.1. The van der Waals surface area contributed by atoms with Crippen molar-refractivity contribution in [2.75, 3.05) is 0 Å². The summed E-state index contributed by atoms with van der Waals surface area (Å²) in [5.41, 5.74) is -0.118. The molecule has 35 heavy (non-hydrogen) atoms. The van der Waals surface area contributed by atoms with Crippen molar-refractivity contribution in [2.24, 2.45) is 5.92 Å². The molecule has 0 amide bonds. The predicted molar refractivity (Wildman–Crippen MR) is 118 cm³/mol. The van der Waals surface area contributed by atoms with E-state index >= 15 is 0 Å². The van der Waals surface area contributed by atoms with E-state index in [2.05, 4.69) is 11.7 Å². The Balaban J connectivity index is 1.55. The van der Waals surface area contributed by atoms with Gasteiger partial charge in [0.1, 0.15) is 22.9 Å². The molecule has 0 radical (unpaired) electrons. The molecule has 1 nitrogen and oxygen atoms in total. The van der Waals surface area contributed by atoms with Crippen LogP contribution in [-0.2, 0) is 6.11 Å². The molecule has 2 unspecified atom stereocenters. The minimum Gasteiger partial charge on any atom is -0.429 e. The van der Waals surface area contributed by atoms with Gasteiger partial charge < -0.3 is 4.74 Å². The highest BCUT2D eigenvalue weighted by atomic mass is 19.3. The molecular weight excluding hydrogens is 473 g/mol. The molecule has 1 aliphatic rings. The van der Waals surface area contributed by atoms with Crippen molar-refractivity contribution in [3.8, 4) is 16.9 Å². The van der Waals surface area contributed by atoms with Crippen LogP contribution >= 0.6 is 0 Å². The Bertz CT molecular complexity index is 1160. The van der Waals surface area contributed by atoms with Crippen LogP contribution in [0.5, 0.6) is 5.75 Å². The Hall–Kier alpha value is -3.03. The maximum Gasteiger partial charge on any atom is 0.432 e. The highest BCUT2D eigenvalue weighted by molar-refractivity contribution is 5.64. The third-order valence-corrected chi connectivity index (χ3v) is 6.49. The second-order valence-electron chi connectivity index (χ2n) is 8.92. The van der Waals surface area contributed by atoms with Crippen LogP contribution in [-0.4, -0.2) is 0 Å². The molecular formula is C27H23F7O. The van der Waals surface area contributed by atoms with Crippen molar-refractivity contribution in [1.29, 1.82) is 0 Å². The van der Waals surface area contributed by atoms with Gasteiger partial charge >= 0.3 is 6.11 Å². The summed E-state index contributed by atoms with van der Waals surface area (Å²) >= 11 is 0. The number of alkyl halides is 2. The standard InChI is InChI=1S/C27H23F7O/c1-2-3-15-4-5-18(10-15)16-6-8-17(9-7-16)19-11-21(28)25(22(29)12-19)27(33,34)35-20-13-23(30)26(32)24(31)14-20/h6-9,11-15,18H,2-5,10H2,1H3. The van der Waals surface area contributed by atoms with Crippen LogP contribution < -0.4 is 4.74 Å². The van der Waals surface area contributed by atoms with Gasteiger partial charge in [-0.25, -0.2) is 22.0 Å². The summed E-state index contributed by atoms with van der Waals surface area (Å²) in [6.07, 6.45) is 1.07. The van der Waals surface area contributed by atoms with Crippen molar-refractivity contribution in [3.63, 3.8) is 0 Å². The fourth-order valence-electron chi connectivity index (χ4n) is 4.80. The van der Waals surface area contributed by atoms with Crippen molar-refractivity contribution >= 4 is 0 Å². The first-order valence-electron chi connectivity index (χ1n) is 11.4. The molecule has 0 spiro atoms. The van der Waals surface area contributed by atoms with Gasteiger partial charge in [0.25, 0.3) is 0 Å². The van der Waals surface area contributed by atoms with Crippen LogP contribution in [0.3, 0.4) is 0 Å². The number of rotatable bonds is 7. The number of hydrogen-bond acceptors (Lipinski definition) is 1. The number of ether oxygens (including phenoxy) is 1. The van der Waals surface area contributed by atoms with E-state index in [1.54, 1.807) is 12.1 Å². The lowest BCUT2D eigenvalue weighted by atomic mass is 9.93. The summed E-state index contributed by atoms with van der Waals surface area (Å²) in [6.45, 7) is 2.16. The summed E-state index contributed by atoms with van der Waals surface area (Å²) in [5, 5.41) is 0. The number of hydrogen-bond donors (Lipinski definition) is 0. The summed E-state index contributed by atoms with van der Waals surface area (Å²) in [7, 11) is 0. The van der Waals surface area contributed by atoms with E-state index in [0.29, 0.717) is 17.4 Å². The van der Waals surface area contributed by atoms with E-state index in [4.69, 9.17) is 0 Å². The Labute approximate surface area is 198 Å². The molecule has 0 saturated heterocycles. The fraction of sp³-hybridized carbons (Fsp3) is 0.333. The monoisotopic (exact) mass is 496 g/mol. The lowest BCUT2D eigenvalue weighted by Gasteiger charge is -2.20. The molecule has 0 aliphatic heterocycles. The van der Waals surface area contributed by atoms with Gasteiger partial charge in [-0.2, -0.15) is 8.78 Å². The van der Waals surface area contributed by atoms with Gasteiger partial charge in [-0.05, 0) is 59.9 Å². The molecule has 0 bridgehead atoms. The topological polar surface area (TPSA) is 9.23 Å². The van der Waals surface area contributed by atoms with Crippen molar-refractivity contribution in [2.45, 2.75) is 51.1 Å². The molecule has 186 valence electrons. The third kappa shape index (κ3) is 5.31. The number of benzene rings is 3. The summed E-state index contributed by atoms with van der Waals surface area (Å²) < 4.78 is 102.